The first kappa shape index (κ1) is 22.9. The first-order chi connectivity index (χ1) is 16.4. The predicted octanol–water partition coefficient (Wildman–Crippen LogP) is 2.48. The van der Waals surface area contributed by atoms with Crippen molar-refractivity contribution in [2.24, 2.45) is 5.73 Å². The van der Waals surface area contributed by atoms with Crippen LogP contribution in [0.3, 0.4) is 0 Å². The lowest BCUT2D eigenvalue weighted by Crippen LogP contribution is -2.35. The van der Waals surface area contributed by atoms with Gasteiger partial charge in [0, 0.05) is 23.5 Å². The van der Waals surface area contributed by atoms with E-state index in [2.05, 4.69) is 4.98 Å². The van der Waals surface area contributed by atoms with Crippen molar-refractivity contribution in [3.05, 3.63) is 93.0 Å². The molecule has 9 heteroatoms. The number of aryl methyl sites for hydroxylation is 1. The molecular weight excluding hydrogens is 438 g/mol. The summed E-state index contributed by atoms with van der Waals surface area (Å²) in [5.74, 6) is -0.695. The number of para-hydroxylation sites is 1. The summed E-state index contributed by atoms with van der Waals surface area (Å²) in [5.41, 5.74) is 7.97. The van der Waals surface area contributed by atoms with E-state index in [0.29, 0.717) is 28.5 Å². The van der Waals surface area contributed by atoms with Gasteiger partial charge in [-0.25, -0.2) is 4.79 Å². The molecular formula is C25H25N3O6. The molecule has 0 bridgehead atoms. The Kier molecular flexibility index (Phi) is 6.27. The maximum atomic E-state index is 13.9. The molecule has 0 unspecified atom stereocenters. The number of fused-ring (bicyclic) bond motifs is 1. The molecule has 0 radical (unpaired) electrons. The Hall–Kier alpha value is -4.27. The summed E-state index contributed by atoms with van der Waals surface area (Å²) in [6, 6.07) is 12.4. The maximum absolute atomic E-state index is 13.9. The third-order valence-corrected chi connectivity index (χ3v) is 5.77. The Morgan fingerprint density at radius 1 is 1.15 bits per heavy atom. The zero-order valence-electron chi connectivity index (χ0n) is 19.3. The van der Waals surface area contributed by atoms with E-state index >= 15 is 0 Å². The van der Waals surface area contributed by atoms with Crippen LogP contribution in [-0.2, 0) is 16.1 Å². The maximum Gasteiger partial charge on any atom is 0.340 e. The fourth-order valence-electron chi connectivity index (χ4n) is 4.20. The average molecular weight is 463 g/mol. The first-order valence-electron chi connectivity index (χ1n) is 10.5. The lowest BCUT2D eigenvalue weighted by molar-refractivity contribution is -0.136. The molecule has 176 valence electrons. The minimum absolute atomic E-state index is 0.00638. The number of methoxy groups -OCH3 is 3. The minimum atomic E-state index is -0.913. The van der Waals surface area contributed by atoms with Gasteiger partial charge in [-0.05, 0) is 25.1 Å². The van der Waals surface area contributed by atoms with Crippen LogP contribution in [-0.4, -0.2) is 36.8 Å². The molecule has 0 saturated heterocycles. The Morgan fingerprint density at radius 2 is 1.94 bits per heavy atom. The van der Waals surface area contributed by atoms with Gasteiger partial charge in [-0.1, -0.05) is 18.2 Å². The molecule has 0 spiro atoms. The van der Waals surface area contributed by atoms with Crippen molar-refractivity contribution in [3.63, 3.8) is 0 Å². The first-order valence-corrected chi connectivity index (χ1v) is 10.5. The summed E-state index contributed by atoms with van der Waals surface area (Å²) >= 11 is 0. The van der Waals surface area contributed by atoms with Crippen molar-refractivity contribution in [2.45, 2.75) is 19.4 Å². The SMILES string of the molecule is COC(=O)C1=C(N)Oc2cc(C)n(Cc3ccccn3)c(=O)c2[C@H]1c1cccc(OC)c1OC. The molecule has 0 amide bonds. The van der Waals surface area contributed by atoms with E-state index in [1.165, 1.54) is 21.3 Å². The standard InChI is InChI=1S/C25H25N3O6/c1-14-12-18-20(24(29)28(14)13-15-8-5-6-11-27-15)19(21(23(26)34-18)25(30)33-4)16-9-7-10-17(31-2)22(16)32-3/h5-12,19H,13,26H2,1-4H3/t19-/m1/s1. The highest BCUT2D eigenvalue weighted by Gasteiger charge is 2.40. The van der Waals surface area contributed by atoms with Crippen molar-refractivity contribution in [1.82, 2.24) is 9.55 Å². The van der Waals surface area contributed by atoms with Crippen LogP contribution in [0.5, 0.6) is 17.2 Å². The van der Waals surface area contributed by atoms with Gasteiger partial charge in [0.25, 0.3) is 5.56 Å². The van der Waals surface area contributed by atoms with Gasteiger partial charge in [-0.15, -0.1) is 0 Å². The number of hydrogen-bond donors (Lipinski definition) is 1. The highest BCUT2D eigenvalue weighted by molar-refractivity contribution is 5.93. The van der Waals surface area contributed by atoms with Crippen LogP contribution in [0.25, 0.3) is 0 Å². The fraction of sp³-hybridized carbons (Fsp3) is 0.240. The molecule has 4 rings (SSSR count). The van der Waals surface area contributed by atoms with Gasteiger partial charge in [0.2, 0.25) is 5.88 Å². The minimum Gasteiger partial charge on any atom is -0.493 e. The highest BCUT2D eigenvalue weighted by Crippen LogP contribution is 2.46. The molecule has 0 aliphatic carbocycles. The van der Waals surface area contributed by atoms with Crippen molar-refractivity contribution >= 4 is 5.97 Å². The van der Waals surface area contributed by atoms with Crippen LogP contribution in [0.4, 0.5) is 0 Å². The summed E-state index contributed by atoms with van der Waals surface area (Å²) in [7, 11) is 4.24. The average Bonchev–Trinajstić information content (AvgIpc) is 2.85. The monoisotopic (exact) mass is 463 g/mol. The van der Waals surface area contributed by atoms with Gasteiger partial charge in [-0.3, -0.25) is 9.78 Å². The molecule has 9 nitrogen and oxygen atoms in total. The number of aromatic nitrogens is 2. The van der Waals surface area contributed by atoms with Crippen LogP contribution in [0.1, 0.15) is 28.4 Å². The van der Waals surface area contributed by atoms with Gasteiger partial charge in [-0.2, -0.15) is 0 Å². The number of pyridine rings is 2. The molecule has 3 heterocycles. The lowest BCUT2D eigenvalue weighted by Gasteiger charge is -2.30. The van der Waals surface area contributed by atoms with E-state index in [9.17, 15) is 9.59 Å². The number of ether oxygens (including phenoxy) is 4. The number of benzene rings is 1. The van der Waals surface area contributed by atoms with Crippen molar-refractivity contribution in [3.8, 4) is 17.2 Å². The number of nitrogens with two attached hydrogens (primary N) is 1. The fourth-order valence-corrected chi connectivity index (χ4v) is 4.20. The molecule has 1 aliphatic rings. The predicted molar refractivity (Wildman–Crippen MR) is 124 cm³/mol. The Labute approximate surface area is 196 Å². The lowest BCUT2D eigenvalue weighted by atomic mass is 9.82. The Balaban J connectivity index is 2.01. The molecule has 0 saturated carbocycles. The van der Waals surface area contributed by atoms with Gasteiger partial charge in [0.1, 0.15) is 11.3 Å². The molecule has 3 aromatic rings. The number of carbonyl (C=O) groups is 1. The number of hydrogen-bond acceptors (Lipinski definition) is 8. The van der Waals surface area contributed by atoms with E-state index in [-0.39, 0.29) is 34.9 Å². The van der Waals surface area contributed by atoms with Crippen LogP contribution >= 0.6 is 0 Å². The quantitative estimate of drug-likeness (QED) is 0.555. The van der Waals surface area contributed by atoms with Crippen LogP contribution in [0.2, 0.25) is 0 Å². The molecule has 1 aliphatic heterocycles. The van der Waals surface area contributed by atoms with Gasteiger partial charge < -0.3 is 29.2 Å². The largest absolute Gasteiger partial charge is 0.493 e. The summed E-state index contributed by atoms with van der Waals surface area (Å²) in [6.07, 6.45) is 1.67. The third-order valence-electron chi connectivity index (χ3n) is 5.77. The van der Waals surface area contributed by atoms with Crippen LogP contribution in [0, 0.1) is 6.92 Å². The molecule has 2 N–H and O–H groups in total. The summed E-state index contributed by atoms with van der Waals surface area (Å²) in [4.78, 5) is 31.1. The zero-order chi connectivity index (χ0) is 24.4. The second-order valence-corrected chi connectivity index (χ2v) is 7.66. The second kappa shape index (κ2) is 9.30. The Bertz CT molecular complexity index is 1330. The van der Waals surface area contributed by atoms with Gasteiger partial charge in [0.05, 0.1) is 45.0 Å². The van der Waals surface area contributed by atoms with E-state index in [1.54, 1.807) is 48.0 Å². The van der Waals surface area contributed by atoms with E-state index < -0.39 is 11.9 Å². The topological polar surface area (TPSA) is 115 Å². The van der Waals surface area contributed by atoms with E-state index in [4.69, 9.17) is 24.7 Å². The number of esters is 1. The number of carbonyl (C=O) groups excluding carboxylic acids is 1. The second-order valence-electron chi connectivity index (χ2n) is 7.66. The highest BCUT2D eigenvalue weighted by atomic mass is 16.5. The van der Waals surface area contributed by atoms with Gasteiger partial charge >= 0.3 is 5.97 Å². The molecule has 1 aromatic carbocycles. The summed E-state index contributed by atoms with van der Waals surface area (Å²) < 4.78 is 23.4. The normalized spacial score (nSPS) is 14.8. The van der Waals surface area contributed by atoms with Gasteiger partial charge in [0.15, 0.2) is 11.5 Å². The van der Waals surface area contributed by atoms with E-state index in [0.717, 1.165) is 0 Å². The van der Waals surface area contributed by atoms with Crippen molar-refractivity contribution < 1.29 is 23.7 Å². The number of nitrogens with zero attached hydrogens (tertiary/aromatic N) is 2. The molecule has 1 atom stereocenters. The number of rotatable bonds is 6. The summed E-state index contributed by atoms with van der Waals surface area (Å²) in [6.45, 7) is 2.04. The van der Waals surface area contributed by atoms with E-state index in [1.807, 2.05) is 12.1 Å². The van der Waals surface area contributed by atoms with Crippen LogP contribution in [0.15, 0.2) is 64.9 Å². The Morgan fingerprint density at radius 3 is 2.59 bits per heavy atom. The van der Waals surface area contributed by atoms with Crippen molar-refractivity contribution in [2.75, 3.05) is 21.3 Å². The summed E-state index contributed by atoms with van der Waals surface area (Å²) in [5, 5.41) is 0. The molecule has 34 heavy (non-hydrogen) atoms. The van der Waals surface area contributed by atoms with Crippen molar-refractivity contribution in [1.29, 1.82) is 0 Å². The molecule has 0 fully saturated rings. The smallest absolute Gasteiger partial charge is 0.340 e. The molecule has 2 aromatic heterocycles. The third kappa shape index (κ3) is 3.85. The van der Waals surface area contributed by atoms with Crippen LogP contribution < -0.4 is 25.5 Å². The zero-order valence-corrected chi connectivity index (χ0v) is 19.3.